The van der Waals surface area contributed by atoms with Gasteiger partial charge >= 0.3 is 5.97 Å². The molecular formula is C24H23IN2O5. The van der Waals surface area contributed by atoms with Crippen LogP contribution in [-0.4, -0.2) is 19.7 Å². The lowest BCUT2D eigenvalue weighted by molar-refractivity contribution is -0.139. The summed E-state index contributed by atoms with van der Waals surface area (Å²) in [5, 5.41) is 9.76. The van der Waals surface area contributed by atoms with Crippen LogP contribution in [0.25, 0.3) is 0 Å². The number of carbonyl (C=O) groups excluding carboxylic acids is 1. The first-order chi connectivity index (χ1) is 15.4. The van der Waals surface area contributed by atoms with E-state index in [1.807, 2.05) is 30.3 Å². The van der Waals surface area contributed by atoms with Crippen molar-refractivity contribution in [2.45, 2.75) is 26.4 Å². The van der Waals surface area contributed by atoms with Crippen molar-refractivity contribution >= 4 is 28.6 Å². The van der Waals surface area contributed by atoms with E-state index < -0.39 is 11.9 Å². The van der Waals surface area contributed by atoms with Crippen LogP contribution >= 0.6 is 22.6 Å². The monoisotopic (exact) mass is 546 g/mol. The number of allylic oxidation sites excluding steroid dienone is 2. The normalized spacial score (nSPS) is 15.7. The topological polar surface area (TPSA) is 104 Å². The fraction of sp³-hybridized carbons (Fsp3) is 0.250. The molecule has 1 aliphatic heterocycles. The highest BCUT2D eigenvalue weighted by atomic mass is 127. The third-order valence-electron chi connectivity index (χ3n) is 4.95. The Morgan fingerprint density at radius 3 is 2.59 bits per heavy atom. The zero-order chi connectivity index (χ0) is 23.3. The molecule has 2 N–H and O–H groups in total. The van der Waals surface area contributed by atoms with E-state index in [1.165, 1.54) is 0 Å². The second-order valence-electron chi connectivity index (χ2n) is 6.93. The van der Waals surface area contributed by atoms with E-state index in [-0.39, 0.29) is 30.2 Å². The Kier molecular flexibility index (Phi) is 7.64. The largest absolute Gasteiger partial charge is 0.496 e. The molecule has 0 aromatic heterocycles. The molecule has 2 aromatic rings. The molecule has 0 spiro atoms. The fourth-order valence-corrected chi connectivity index (χ4v) is 3.83. The van der Waals surface area contributed by atoms with Crippen molar-refractivity contribution in [2.24, 2.45) is 5.73 Å². The number of benzene rings is 2. The Balaban J connectivity index is 2.02. The second kappa shape index (κ2) is 10.4. The zero-order valence-corrected chi connectivity index (χ0v) is 20.1. The number of nitrogens with two attached hydrogens (primary N) is 1. The Hall–Kier alpha value is -3.19. The Bertz CT molecular complexity index is 1120. The molecule has 1 unspecified atom stereocenters. The van der Waals surface area contributed by atoms with Crippen molar-refractivity contribution in [3.63, 3.8) is 0 Å². The average molecular weight is 546 g/mol. The van der Waals surface area contributed by atoms with E-state index >= 15 is 0 Å². The van der Waals surface area contributed by atoms with Crippen LogP contribution in [0, 0.1) is 14.9 Å². The quantitative estimate of drug-likeness (QED) is 0.402. The summed E-state index contributed by atoms with van der Waals surface area (Å²) in [6, 6.07) is 15.2. The fourth-order valence-electron chi connectivity index (χ4n) is 3.47. The summed E-state index contributed by atoms with van der Waals surface area (Å²) >= 11 is 2.23. The highest BCUT2D eigenvalue weighted by Gasteiger charge is 2.36. The molecule has 0 radical (unpaired) electrons. The molecule has 0 fully saturated rings. The number of nitriles is 1. The van der Waals surface area contributed by atoms with Crippen molar-refractivity contribution in [3.8, 4) is 17.6 Å². The van der Waals surface area contributed by atoms with Crippen molar-refractivity contribution in [3.05, 3.63) is 80.0 Å². The van der Waals surface area contributed by atoms with E-state index in [1.54, 1.807) is 33.1 Å². The summed E-state index contributed by atoms with van der Waals surface area (Å²) in [6.07, 6.45) is 0. The molecule has 1 aliphatic rings. The first-order valence-electron chi connectivity index (χ1n) is 9.90. The van der Waals surface area contributed by atoms with E-state index in [2.05, 4.69) is 28.7 Å². The smallest absolute Gasteiger partial charge is 0.338 e. The summed E-state index contributed by atoms with van der Waals surface area (Å²) in [5.41, 5.74) is 7.81. The molecule has 2 aromatic carbocycles. The van der Waals surface area contributed by atoms with Gasteiger partial charge in [-0.25, -0.2) is 4.79 Å². The van der Waals surface area contributed by atoms with Crippen LogP contribution in [0.4, 0.5) is 0 Å². The van der Waals surface area contributed by atoms with Gasteiger partial charge in [0.2, 0.25) is 5.88 Å². The summed E-state index contributed by atoms with van der Waals surface area (Å²) in [5.74, 6) is 0.334. The minimum atomic E-state index is -0.726. The first-order valence-corrected chi connectivity index (χ1v) is 11.0. The Labute approximate surface area is 200 Å². The maximum atomic E-state index is 12.7. The van der Waals surface area contributed by atoms with Crippen molar-refractivity contribution in [1.82, 2.24) is 0 Å². The van der Waals surface area contributed by atoms with Crippen LogP contribution in [0.2, 0.25) is 0 Å². The number of ether oxygens (including phenoxy) is 4. The molecule has 0 saturated heterocycles. The van der Waals surface area contributed by atoms with Gasteiger partial charge in [0.15, 0.2) is 0 Å². The predicted molar refractivity (Wildman–Crippen MR) is 126 cm³/mol. The van der Waals surface area contributed by atoms with Gasteiger partial charge in [-0.15, -0.1) is 0 Å². The second-order valence-corrected chi connectivity index (χ2v) is 8.17. The molecule has 0 bridgehead atoms. The lowest BCUT2D eigenvalue weighted by Crippen LogP contribution is -2.25. The van der Waals surface area contributed by atoms with Crippen molar-refractivity contribution in [2.75, 3.05) is 13.7 Å². The number of halogens is 1. The minimum Gasteiger partial charge on any atom is -0.496 e. The highest BCUT2D eigenvalue weighted by molar-refractivity contribution is 14.1. The van der Waals surface area contributed by atoms with Gasteiger partial charge < -0.3 is 24.7 Å². The zero-order valence-electron chi connectivity index (χ0n) is 18.0. The molecule has 3 rings (SSSR count). The molecule has 8 heteroatoms. The first kappa shape index (κ1) is 23.5. The van der Waals surface area contributed by atoms with E-state index in [9.17, 15) is 10.1 Å². The van der Waals surface area contributed by atoms with Crippen LogP contribution in [0.15, 0.2) is 65.3 Å². The lowest BCUT2D eigenvalue weighted by Gasteiger charge is -2.27. The predicted octanol–water partition coefficient (Wildman–Crippen LogP) is 4.52. The van der Waals surface area contributed by atoms with Gasteiger partial charge in [-0.05, 0) is 78.4 Å². The molecular weight excluding hydrogens is 523 g/mol. The number of carbonyl (C=O) groups is 1. The van der Waals surface area contributed by atoms with Crippen LogP contribution < -0.4 is 15.2 Å². The molecule has 166 valence electrons. The van der Waals surface area contributed by atoms with Gasteiger partial charge in [0.1, 0.15) is 35.5 Å². The summed E-state index contributed by atoms with van der Waals surface area (Å²) in [7, 11) is 1.57. The van der Waals surface area contributed by atoms with E-state index in [4.69, 9.17) is 24.7 Å². The van der Waals surface area contributed by atoms with Crippen molar-refractivity contribution < 1.29 is 23.7 Å². The molecule has 7 nitrogen and oxygen atoms in total. The number of nitrogens with zero attached hydrogens (tertiary/aromatic N) is 1. The third kappa shape index (κ3) is 4.99. The number of methoxy groups -OCH3 is 1. The lowest BCUT2D eigenvalue weighted by atomic mass is 9.82. The van der Waals surface area contributed by atoms with Crippen molar-refractivity contribution in [1.29, 1.82) is 5.26 Å². The Morgan fingerprint density at radius 1 is 1.25 bits per heavy atom. The van der Waals surface area contributed by atoms with E-state index in [0.29, 0.717) is 22.8 Å². The van der Waals surface area contributed by atoms with Gasteiger partial charge in [-0.2, -0.15) is 5.26 Å². The highest BCUT2D eigenvalue weighted by Crippen LogP contribution is 2.40. The molecule has 0 aliphatic carbocycles. The van der Waals surface area contributed by atoms with Gasteiger partial charge in [-0.3, -0.25) is 0 Å². The van der Waals surface area contributed by atoms with Gasteiger partial charge in [-0.1, -0.05) is 6.07 Å². The summed E-state index contributed by atoms with van der Waals surface area (Å²) < 4.78 is 23.2. The maximum Gasteiger partial charge on any atom is 0.338 e. The van der Waals surface area contributed by atoms with Crippen LogP contribution in [0.5, 0.6) is 11.5 Å². The number of esters is 1. The molecule has 1 atom stereocenters. The van der Waals surface area contributed by atoms with Gasteiger partial charge in [0, 0.05) is 9.13 Å². The molecule has 0 saturated carbocycles. The van der Waals surface area contributed by atoms with E-state index in [0.717, 1.165) is 9.13 Å². The van der Waals surface area contributed by atoms with Gasteiger partial charge in [0.25, 0.3) is 0 Å². The minimum absolute atomic E-state index is 0.0319. The number of hydrogen-bond acceptors (Lipinski definition) is 7. The molecule has 1 heterocycles. The summed E-state index contributed by atoms with van der Waals surface area (Å²) in [6.45, 7) is 3.78. The molecule has 32 heavy (non-hydrogen) atoms. The number of rotatable bonds is 7. The number of hydrogen-bond donors (Lipinski definition) is 1. The maximum absolute atomic E-state index is 12.7. The SMILES string of the molecule is CCOC(=O)C1=C(C)OC(N)=C(C#N)C1c1ccc(OC)c(COc2ccc(I)cc2)c1. The third-order valence-corrected chi connectivity index (χ3v) is 5.67. The Morgan fingerprint density at radius 2 is 1.97 bits per heavy atom. The van der Waals surface area contributed by atoms with Crippen LogP contribution in [0.3, 0.4) is 0 Å². The van der Waals surface area contributed by atoms with Gasteiger partial charge in [0.05, 0.1) is 25.2 Å². The standard InChI is InChI=1S/C24H23IN2O5/c1-4-30-24(28)21-14(2)32-23(27)19(12-26)22(21)15-5-10-20(29-3)16(11-15)13-31-18-8-6-17(25)7-9-18/h5-11,22H,4,13,27H2,1-3H3. The van der Waals surface area contributed by atoms with Crippen LogP contribution in [0.1, 0.15) is 30.9 Å². The van der Waals surface area contributed by atoms with Crippen LogP contribution in [-0.2, 0) is 20.9 Å². The average Bonchev–Trinajstić information content (AvgIpc) is 2.78. The molecule has 0 amide bonds. The summed E-state index contributed by atoms with van der Waals surface area (Å²) in [4.78, 5) is 12.7.